The third-order valence-electron chi connectivity index (χ3n) is 6.44. The number of aliphatic carboxylic acids is 1. The van der Waals surface area contributed by atoms with E-state index >= 15 is 0 Å². The Hall–Kier alpha value is -3.73. The Bertz CT molecular complexity index is 1130. The maximum Gasteiger partial charge on any atom is 0.407 e. The van der Waals surface area contributed by atoms with Crippen molar-refractivity contribution in [3.63, 3.8) is 0 Å². The molecule has 4 atom stereocenters. The van der Waals surface area contributed by atoms with Gasteiger partial charge in [0.05, 0.1) is 50.3 Å². The number of aldehydes is 1. The van der Waals surface area contributed by atoms with Crippen LogP contribution in [0.5, 0.6) is 0 Å². The first kappa shape index (κ1) is 29.8. The zero-order valence-electron chi connectivity index (χ0n) is 22.9. The number of carbonyl (C=O) groups excluding carboxylic acids is 2. The minimum Gasteiger partial charge on any atom is -0.481 e. The lowest BCUT2D eigenvalue weighted by Gasteiger charge is -2.19. The van der Waals surface area contributed by atoms with Crippen molar-refractivity contribution < 1.29 is 33.8 Å². The number of ether oxygens (including phenoxy) is 2. The van der Waals surface area contributed by atoms with E-state index in [4.69, 9.17) is 14.3 Å². The van der Waals surface area contributed by atoms with Gasteiger partial charge in [0, 0.05) is 6.42 Å². The van der Waals surface area contributed by atoms with Gasteiger partial charge in [0.25, 0.3) is 0 Å². The molecule has 1 fully saturated rings. The monoisotopic (exact) mass is 542 g/mol. The van der Waals surface area contributed by atoms with E-state index in [9.17, 15) is 19.5 Å². The predicted octanol–water partition coefficient (Wildman–Crippen LogP) is 3.56. The van der Waals surface area contributed by atoms with Crippen molar-refractivity contribution in [1.29, 1.82) is 0 Å². The molecule has 3 unspecified atom stereocenters. The zero-order chi connectivity index (χ0) is 28.4. The highest BCUT2D eigenvalue weighted by Crippen LogP contribution is 2.53. The van der Waals surface area contributed by atoms with Crippen LogP contribution < -0.4 is 5.32 Å². The van der Waals surface area contributed by atoms with E-state index in [1.165, 1.54) is 6.21 Å². The topological polar surface area (TPSA) is 141 Å². The maximum atomic E-state index is 11.6. The number of alkyl carbamates (subject to hydrolysis) is 1. The molecule has 2 N–H and O–H groups in total. The van der Waals surface area contributed by atoms with Crippen molar-refractivity contribution >= 4 is 24.6 Å². The van der Waals surface area contributed by atoms with Crippen LogP contribution in [0.4, 0.5) is 4.79 Å². The Kier molecular flexibility index (Phi) is 10.6. The van der Waals surface area contributed by atoms with Gasteiger partial charge in [-0.2, -0.15) is 5.10 Å². The fourth-order valence-corrected chi connectivity index (χ4v) is 4.66. The smallest absolute Gasteiger partial charge is 0.407 e. The second-order valence-electron chi connectivity index (χ2n) is 10.5. The number of amides is 1. The van der Waals surface area contributed by atoms with Crippen LogP contribution in [0.15, 0.2) is 41.7 Å². The summed E-state index contributed by atoms with van der Waals surface area (Å²) >= 11 is 0. The normalized spacial score (nSPS) is 19.4. The van der Waals surface area contributed by atoms with Gasteiger partial charge in [-0.15, -0.1) is 0 Å². The summed E-state index contributed by atoms with van der Waals surface area (Å²) in [6.45, 7) is 8.38. The number of carboxylic acid groups (broad SMARTS) is 1. The Balaban J connectivity index is 1.57. The van der Waals surface area contributed by atoms with E-state index in [1.54, 1.807) is 31.6 Å². The van der Waals surface area contributed by atoms with Crippen LogP contribution >= 0.6 is 0 Å². The lowest BCUT2D eigenvalue weighted by Crippen LogP contribution is -2.34. The number of benzene rings is 1. The number of rotatable bonds is 15. The molecule has 1 aliphatic rings. The summed E-state index contributed by atoms with van der Waals surface area (Å²) in [6, 6.07) is 9.84. The van der Waals surface area contributed by atoms with Crippen molar-refractivity contribution in [2.75, 3.05) is 13.2 Å². The first-order chi connectivity index (χ1) is 18.6. The summed E-state index contributed by atoms with van der Waals surface area (Å²) in [7, 11) is 0. The SMILES string of the molecule is C[C@@H](c1cnn(C/C=N/OCCNC(=O)OC(C)(C)C)c1CC(=O)O)C1C(CC=O)C1OCc1ccccc1. The molecule has 0 radical (unpaired) electrons. The summed E-state index contributed by atoms with van der Waals surface area (Å²) in [5.41, 5.74) is 1.87. The Morgan fingerprint density at radius 2 is 2.00 bits per heavy atom. The third kappa shape index (κ3) is 9.20. The van der Waals surface area contributed by atoms with E-state index in [0.717, 1.165) is 17.4 Å². The van der Waals surface area contributed by atoms with Crippen LogP contribution in [0.1, 0.15) is 56.9 Å². The Labute approximate surface area is 228 Å². The molecule has 1 aliphatic carbocycles. The molecule has 0 aliphatic heterocycles. The molecule has 1 amide bonds. The van der Waals surface area contributed by atoms with Gasteiger partial charge in [0.1, 0.15) is 18.5 Å². The second-order valence-corrected chi connectivity index (χ2v) is 10.5. The van der Waals surface area contributed by atoms with Crippen molar-refractivity contribution in [3.05, 3.63) is 53.3 Å². The standard InChI is InChI=1S/C28H38N4O7/c1-19(25-21(10-14-33)26(25)37-18-20-8-6-5-7-9-20)22-17-30-32(23(22)16-24(34)35)13-11-31-38-15-12-29-27(36)39-28(2,3)4/h5-9,11,14,17,19,21,25-26H,10,12-13,15-16,18H2,1-4H3,(H,29,36)(H,34,35)/b31-11+/t19-,21?,25?,26?/m0/s1. The molecular weight excluding hydrogens is 504 g/mol. The summed E-state index contributed by atoms with van der Waals surface area (Å²) in [5.74, 6) is -0.861. The minimum absolute atomic E-state index is 0.0501. The van der Waals surface area contributed by atoms with Crippen molar-refractivity contribution in [2.45, 2.75) is 71.3 Å². The first-order valence-corrected chi connectivity index (χ1v) is 13.1. The average molecular weight is 543 g/mol. The number of nitrogens with zero attached hydrogens (tertiary/aromatic N) is 3. The number of hydrogen-bond donors (Lipinski definition) is 2. The van der Waals surface area contributed by atoms with Gasteiger partial charge in [0.15, 0.2) is 0 Å². The number of oxime groups is 1. The lowest BCUT2D eigenvalue weighted by atomic mass is 9.93. The summed E-state index contributed by atoms with van der Waals surface area (Å²) in [6.07, 6.45) is 3.65. The molecule has 11 heteroatoms. The van der Waals surface area contributed by atoms with Crippen LogP contribution in [0.25, 0.3) is 0 Å². The molecule has 2 aromatic rings. The van der Waals surface area contributed by atoms with Crippen LogP contribution in [0.2, 0.25) is 0 Å². The molecule has 39 heavy (non-hydrogen) atoms. The predicted molar refractivity (Wildman–Crippen MR) is 143 cm³/mol. The number of aromatic nitrogens is 2. The van der Waals surface area contributed by atoms with E-state index in [0.29, 0.717) is 18.7 Å². The van der Waals surface area contributed by atoms with E-state index < -0.39 is 17.7 Å². The molecule has 0 saturated heterocycles. The van der Waals surface area contributed by atoms with Gasteiger partial charge in [-0.25, -0.2) is 4.79 Å². The fourth-order valence-electron chi connectivity index (χ4n) is 4.66. The molecule has 1 aromatic carbocycles. The Morgan fingerprint density at radius 3 is 2.67 bits per heavy atom. The van der Waals surface area contributed by atoms with Gasteiger partial charge < -0.3 is 29.5 Å². The van der Waals surface area contributed by atoms with Crippen LogP contribution in [-0.2, 0) is 43.5 Å². The van der Waals surface area contributed by atoms with Crippen LogP contribution in [0.3, 0.4) is 0 Å². The van der Waals surface area contributed by atoms with Gasteiger partial charge in [0.2, 0.25) is 0 Å². The summed E-state index contributed by atoms with van der Waals surface area (Å²) < 4.78 is 12.9. The van der Waals surface area contributed by atoms with Gasteiger partial charge >= 0.3 is 12.1 Å². The first-order valence-electron chi connectivity index (χ1n) is 13.1. The lowest BCUT2D eigenvalue weighted by molar-refractivity contribution is -0.136. The molecule has 0 bridgehead atoms. The van der Waals surface area contributed by atoms with E-state index in [-0.39, 0.29) is 50.0 Å². The number of carbonyl (C=O) groups is 3. The molecule has 1 heterocycles. The second kappa shape index (κ2) is 13.9. The van der Waals surface area contributed by atoms with E-state index in [1.807, 2.05) is 37.3 Å². The number of hydrogen-bond acceptors (Lipinski definition) is 8. The van der Waals surface area contributed by atoms with Gasteiger partial charge in [-0.1, -0.05) is 42.4 Å². The van der Waals surface area contributed by atoms with Crippen LogP contribution in [-0.4, -0.2) is 64.3 Å². The molecular formula is C28H38N4O7. The van der Waals surface area contributed by atoms with Crippen molar-refractivity contribution in [2.24, 2.45) is 17.0 Å². The largest absolute Gasteiger partial charge is 0.481 e. The highest BCUT2D eigenvalue weighted by atomic mass is 16.6. The average Bonchev–Trinajstić information content (AvgIpc) is 3.41. The molecule has 11 nitrogen and oxygen atoms in total. The fraction of sp³-hybridized carbons (Fsp3) is 0.536. The van der Waals surface area contributed by atoms with Crippen molar-refractivity contribution in [3.8, 4) is 0 Å². The number of nitrogens with one attached hydrogen (secondary N) is 1. The molecule has 1 saturated carbocycles. The number of carboxylic acids is 1. The minimum atomic E-state index is -0.969. The van der Waals surface area contributed by atoms with E-state index in [2.05, 4.69) is 15.6 Å². The van der Waals surface area contributed by atoms with Crippen molar-refractivity contribution in [1.82, 2.24) is 15.1 Å². The molecule has 0 spiro atoms. The highest BCUT2D eigenvalue weighted by Gasteiger charge is 2.54. The molecule has 1 aromatic heterocycles. The maximum absolute atomic E-state index is 11.6. The summed E-state index contributed by atoms with van der Waals surface area (Å²) in [4.78, 5) is 39.7. The summed E-state index contributed by atoms with van der Waals surface area (Å²) in [5, 5.41) is 20.4. The Morgan fingerprint density at radius 1 is 1.26 bits per heavy atom. The molecule has 3 rings (SSSR count). The highest BCUT2D eigenvalue weighted by molar-refractivity contribution is 5.70. The molecule has 212 valence electrons. The quantitative estimate of drug-likeness (QED) is 0.151. The van der Waals surface area contributed by atoms with Gasteiger partial charge in [-0.3, -0.25) is 9.48 Å². The van der Waals surface area contributed by atoms with Gasteiger partial charge in [-0.05, 0) is 49.7 Å². The third-order valence-corrected chi connectivity index (χ3v) is 6.44. The van der Waals surface area contributed by atoms with Crippen LogP contribution in [0, 0.1) is 11.8 Å². The zero-order valence-corrected chi connectivity index (χ0v) is 22.9.